The maximum Gasteiger partial charge on any atom is 0.323 e. The second-order valence-electron chi connectivity index (χ2n) is 7.45. The Labute approximate surface area is 165 Å². The minimum atomic E-state index is -1.06. The molecule has 1 aromatic heterocycles. The summed E-state index contributed by atoms with van der Waals surface area (Å²) in [5.74, 6) is -0.0541. The van der Waals surface area contributed by atoms with E-state index in [0.29, 0.717) is 29.0 Å². The fraction of sp³-hybridized carbons (Fsp3) is 0.318. The maximum absolute atomic E-state index is 13.9. The Balaban J connectivity index is 1.78. The van der Waals surface area contributed by atoms with Crippen LogP contribution in [-0.2, 0) is 28.6 Å². The van der Waals surface area contributed by atoms with E-state index in [1.54, 1.807) is 10.6 Å². The van der Waals surface area contributed by atoms with Gasteiger partial charge in [0.05, 0.1) is 10.8 Å². The van der Waals surface area contributed by atoms with Crippen molar-refractivity contribution in [1.29, 1.82) is 0 Å². The number of benzene rings is 2. The van der Waals surface area contributed by atoms with Crippen LogP contribution in [0.5, 0.6) is 0 Å². The summed E-state index contributed by atoms with van der Waals surface area (Å²) in [6, 6.07) is 12.1. The van der Waals surface area contributed by atoms with E-state index in [9.17, 15) is 18.5 Å². The van der Waals surface area contributed by atoms with Crippen molar-refractivity contribution in [1.82, 2.24) is 4.57 Å². The fourth-order valence-corrected chi connectivity index (χ4v) is 5.34. The van der Waals surface area contributed by atoms with Gasteiger partial charge in [-0.25, -0.2) is 4.39 Å². The Kier molecular flexibility index (Phi) is 5.06. The van der Waals surface area contributed by atoms with E-state index in [2.05, 4.69) is 0 Å². The number of hydrogen-bond acceptors (Lipinski definition) is 2. The SMILES string of the molecule is Cc1c(Cc2ccccc2S(=O)CC2CC2)c2cc(F)ccc2n1CC(=O)O. The molecule has 1 atom stereocenters. The van der Waals surface area contributed by atoms with Crippen LogP contribution in [0.3, 0.4) is 0 Å². The minimum absolute atomic E-state index is 0.177. The molecule has 0 bridgehead atoms. The molecule has 1 fully saturated rings. The summed E-state index contributed by atoms with van der Waals surface area (Å²) in [5.41, 5.74) is 3.33. The molecule has 2 aromatic carbocycles. The van der Waals surface area contributed by atoms with E-state index in [4.69, 9.17) is 0 Å². The number of carboxylic acids is 1. The molecule has 4 nitrogen and oxygen atoms in total. The molecule has 1 aliphatic rings. The second-order valence-corrected chi connectivity index (χ2v) is 8.91. The molecule has 0 amide bonds. The third-order valence-electron chi connectivity index (χ3n) is 5.38. The maximum atomic E-state index is 13.9. The third kappa shape index (κ3) is 3.74. The fourth-order valence-electron chi connectivity index (χ4n) is 3.74. The summed E-state index contributed by atoms with van der Waals surface area (Å²) in [6.07, 6.45) is 2.79. The Morgan fingerprint density at radius 2 is 2.00 bits per heavy atom. The zero-order valence-corrected chi connectivity index (χ0v) is 16.5. The molecular formula is C22H22FNO3S. The van der Waals surface area contributed by atoms with E-state index >= 15 is 0 Å². The number of aromatic nitrogens is 1. The highest BCUT2D eigenvalue weighted by atomic mass is 32.2. The number of aliphatic carboxylic acids is 1. The van der Waals surface area contributed by atoms with Crippen LogP contribution >= 0.6 is 0 Å². The van der Waals surface area contributed by atoms with Gasteiger partial charge in [-0.15, -0.1) is 0 Å². The van der Waals surface area contributed by atoms with Gasteiger partial charge in [0.2, 0.25) is 0 Å². The summed E-state index contributed by atoms with van der Waals surface area (Å²) in [6.45, 7) is 1.68. The van der Waals surface area contributed by atoms with Crippen molar-refractivity contribution in [3.05, 3.63) is 65.1 Å². The lowest BCUT2D eigenvalue weighted by molar-refractivity contribution is -0.137. The lowest BCUT2D eigenvalue weighted by Crippen LogP contribution is -2.10. The number of fused-ring (bicyclic) bond motifs is 1. The average molecular weight is 399 g/mol. The van der Waals surface area contributed by atoms with Crippen molar-refractivity contribution in [3.8, 4) is 0 Å². The van der Waals surface area contributed by atoms with Crippen molar-refractivity contribution in [2.24, 2.45) is 5.92 Å². The first kappa shape index (κ1) is 18.9. The Morgan fingerprint density at radius 3 is 2.71 bits per heavy atom. The molecular weight excluding hydrogens is 377 g/mol. The van der Waals surface area contributed by atoms with Gasteiger partial charge in [0.1, 0.15) is 12.4 Å². The highest BCUT2D eigenvalue weighted by Gasteiger charge is 2.25. The van der Waals surface area contributed by atoms with Crippen molar-refractivity contribution < 1.29 is 18.5 Å². The molecule has 0 aliphatic heterocycles. The van der Waals surface area contributed by atoms with E-state index in [-0.39, 0.29) is 12.4 Å². The summed E-state index contributed by atoms with van der Waals surface area (Å²) < 4.78 is 28.5. The van der Waals surface area contributed by atoms with Gasteiger partial charge in [-0.05, 0) is 61.1 Å². The molecule has 1 unspecified atom stereocenters. The summed E-state index contributed by atoms with van der Waals surface area (Å²) >= 11 is 0. The molecule has 0 saturated heterocycles. The predicted molar refractivity (Wildman–Crippen MR) is 108 cm³/mol. The minimum Gasteiger partial charge on any atom is -0.480 e. The highest BCUT2D eigenvalue weighted by Crippen LogP contribution is 2.33. The molecule has 1 heterocycles. The third-order valence-corrected chi connectivity index (χ3v) is 7.04. The smallest absolute Gasteiger partial charge is 0.323 e. The number of carboxylic acid groups (broad SMARTS) is 1. The van der Waals surface area contributed by atoms with Crippen LogP contribution in [0, 0.1) is 18.7 Å². The van der Waals surface area contributed by atoms with E-state index in [1.165, 1.54) is 12.1 Å². The van der Waals surface area contributed by atoms with Crippen molar-refractivity contribution in [3.63, 3.8) is 0 Å². The topological polar surface area (TPSA) is 59.3 Å². The standard InChI is InChI=1S/C22H22FNO3S/c1-14-18(19-11-17(23)8-9-20(19)24(14)12-22(25)26)10-16-4-2-3-5-21(16)28(27)13-15-6-7-15/h2-5,8-9,11,15H,6-7,10,12-13H2,1H3,(H,25,26). The zero-order chi connectivity index (χ0) is 19.8. The molecule has 0 spiro atoms. The van der Waals surface area contributed by atoms with E-state index in [0.717, 1.165) is 34.6 Å². The Hall–Kier alpha value is -2.47. The van der Waals surface area contributed by atoms with Gasteiger partial charge in [-0.3, -0.25) is 9.00 Å². The van der Waals surface area contributed by atoms with Gasteiger partial charge in [0.25, 0.3) is 0 Å². The highest BCUT2D eigenvalue weighted by molar-refractivity contribution is 7.85. The van der Waals surface area contributed by atoms with Crippen LogP contribution in [0.2, 0.25) is 0 Å². The molecule has 146 valence electrons. The lowest BCUT2D eigenvalue weighted by Gasteiger charge is -2.10. The molecule has 1 N–H and O–H groups in total. The number of carbonyl (C=O) groups is 1. The summed E-state index contributed by atoms with van der Waals surface area (Å²) in [7, 11) is -1.06. The van der Waals surface area contributed by atoms with Crippen LogP contribution in [0.1, 0.15) is 29.7 Å². The van der Waals surface area contributed by atoms with Crippen molar-refractivity contribution >= 4 is 27.7 Å². The van der Waals surface area contributed by atoms with Crippen LogP contribution in [0.4, 0.5) is 4.39 Å². The van der Waals surface area contributed by atoms with Crippen molar-refractivity contribution in [2.45, 2.75) is 37.6 Å². The summed E-state index contributed by atoms with van der Waals surface area (Å²) in [5, 5.41) is 9.99. The quantitative estimate of drug-likeness (QED) is 0.645. The molecule has 28 heavy (non-hydrogen) atoms. The predicted octanol–water partition coefficient (Wildman–Crippen LogP) is 4.28. The van der Waals surface area contributed by atoms with Crippen molar-refractivity contribution in [2.75, 3.05) is 5.75 Å². The molecule has 0 radical (unpaired) electrons. The molecule has 3 aromatic rings. The first-order chi connectivity index (χ1) is 13.4. The van der Waals surface area contributed by atoms with Gasteiger partial charge in [-0.1, -0.05) is 18.2 Å². The van der Waals surface area contributed by atoms with Gasteiger partial charge < -0.3 is 9.67 Å². The van der Waals surface area contributed by atoms with Gasteiger partial charge in [-0.2, -0.15) is 0 Å². The number of nitrogens with zero attached hydrogens (tertiary/aromatic N) is 1. The normalized spacial score (nSPS) is 15.1. The monoisotopic (exact) mass is 399 g/mol. The number of halogens is 1. The first-order valence-electron chi connectivity index (χ1n) is 9.39. The van der Waals surface area contributed by atoms with E-state index < -0.39 is 16.8 Å². The molecule has 4 rings (SSSR count). The van der Waals surface area contributed by atoms with Gasteiger partial charge >= 0.3 is 5.97 Å². The molecule has 6 heteroatoms. The van der Waals surface area contributed by atoms with Crippen LogP contribution < -0.4 is 0 Å². The van der Waals surface area contributed by atoms with Gasteiger partial charge in [0, 0.05) is 33.7 Å². The van der Waals surface area contributed by atoms with E-state index in [1.807, 2.05) is 31.2 Å². The molecule has 1 saturated carbocycles. The second kappa shape index (κ2) is 7.51. The number of rotatable bonds is 7. The summed E-state index contributed by atoms with van der Waals surface area (Å²) in [4.78, 5) is 12.1. The Morgan fingerprint density at radius 1 is 1.25 bits per heavy atom. The Bertz CT molecular complexity index is 1080. The largest absolute Gasteiger partial charge is 0.480 e. The van der Waals surface area contributed by atoms with Crippen LogP contribution in [-0.4, -0.2) is 25.6 Å². The first-order valence-corrected chi connectivity index (χ1v) is 10.7. The van der Waals surface area contributed by atoms with Gasteiger partial charge in [0.15, 0.2) is 0 Å². The number of hydrogen-bond donors (Lipinski definition) is 1. The molecule has 1 aliphatic carbocycles. The zero-order valence-electron chi connectivity index (χ0n) is 15.7. The lowest BCUT2D eigenvalue weighted by atomic mass is 10.0. The average Bonchev–Trinajstić information content (AvgIpc) is 3.44. The van der Waals surface area contributed by atoms with Crippen LogP contribution in [0.25, 0.3) is 10.9 Å². The van der Waals surface area contributed by atoms with Crippen LogP contribution in [0.15, 0.2) is 47.4 Å².